The van der Waals surface area contributed by atoms with Gasteiger partial charge in [0.25, 0.3) is 17.5 Å². The first-order valence-electron chi connectivity index (χ1n) is 8.74. The Bertz CT molecular complexity index is 905. The molecule has 1 N–H and O–H groups in total. The van der Waals surface area contributed by atoms with Crippen LogP contribution in [0.1, 0.15) is 15.9 Å². The second-order valence-electron chi connectivity index (χ2n) is 6.13. The molecule has 0 aromatic heterocycles. The van der Waals surface area contributed by atoms with E-state index in [2.05, 4.69) is 5.32 Å². The number of non-ortho nitro benzene ring substituents is 1. The van der Waals surface area contributed by atoms with E-state index in [9.17, 15) is 19.7 Å². The number of nitro benzene ring substituents is 1. The number of carbonyl (C=O) groups excluding carboxylic acids is 2. The van der Waals surface area contributed by atoms with Gasteiger partial charge in [0.2, 0.25) is 0 Å². The number of benzene rings is 2. The number of hydrogen-bond acceptors (Lipinski definition) is 5. The molecule has 1 aliphatic heterocycles. The SMILES string of the molecule is O=C(NC(=Cc1cccc([N+](=O)[O-])c1)C(=O)N1CCOCC1)c1ccccc1. The Hall–Kier alpha value is -3.52. The van der Waals surface area contributed by atoms with Crippen molar-refractivity contribution in [3.63, 3.8) is 0 Å². The number of ether oxygens (including phenoxy) is 1. The van der Waals surface area contributed by atoms with Crippen LogP contribution in [0.2, 0.25) is 0 Å². The van der Waals surface area contributed by atoms with E-state index in [0.717, 1.165) is 0 Å². The number of morpholine rings is 1. The maximum atomic E-state index is 12.9. The van der Waals surface area contributed by atoms with Gasteiger partial charge in [0.05, 0.1) is 18.1 Å². The number of amides is 2. The van der Waals surface area contributed by atoms with E-state index in [1.54, 1.807) is 41.3 Å². The van der Waals surface area contributed by atoms with Crippen molar-refractivity contribution in [3.8, 4) is 0 Å². The zero-order valence-electron chi connectivity index (χ0n) is 15.0. The first-order chi connectivity index (χ1) is 13.5. The molecule has 1 saturated heterocycles. The summed E-state index contributed by atoms with van der Waals surface area (Å²) in [7, 11) is 0. The van der Waals surface area contributed by atoms with Crippen LogP contribution in [0, 0.1) is 10.1 Å². The molecule has 1 heterocycles. The number of hydrogen-bond donors (Lipinski definition) is 1. The molecule has 2 aromatic carbocycles. The molecular formula is C20H19N3O5. The van der Waals surface area contributed by atoms with Gasteiger partial charge in [0, 0.05) is 30.8 Å². The molecule has 144 valence electrons. The van der Waals surface area contributed by atoms with E-state index in [-0.39, 0.29) is 17.3 Å². The summed E-state index contributed by atoms with van der Waals surface area (Å²) in [4.78, 5) is 37.6. The Kier molecular flexibility index (Phi) is 6.13. The molecule has 28 heavy (non-hydrogen) atoms. The Labute approximate surface area is 161 Å². The molecule has 8 nitrogen and oxygen atoms in total. The van der Waals surface area contributed by atoms with Gasteiger partial charge in [0.15, 0.2) is 0 Å². The predicted molar refractivity (Wildman–Crippen MR) is 102 cm³/mol. The van der Waals surface area contributed by atoms with Crippen LogP contribution in [0.5, 0.6) is 0 Å². The Morgan fingerprint density at radius 3 is 2.46 bits per heavy atom. The summed E-state index contributed by atoms with van der Waals surface area (Å²) in [6, 6.07) is 14.4. The number of nitrogens with one attached hydrogen (secondary N) is 1. The van der Waals surface area contributed by atoms with Gasteiger partial charge >= 0.3 is 0 Å². The molecule has 0 radical (unpaired) electrons. The molecular weight excluding hydrogens is 362 g/mol. The summed E-state index contributed by atoms with van der Waals surface area (Å²) in [6.07, 6.45) is 1.45. The Morgan fingerprint density at radius 2 is 1.79 bits per heavy atom. The number of rotatable bonds is 5. The van der Waals surface area contributed by atoms with Crippen molar-refractivity contribution in [2.24, 2.45) is 0 Å². The van der Waals surface area contributed by atoms with E-state index in [0.29, 0.717) is 37.4 Å². The third kappa shape index (κ3) is 4.80. The molecule has 0 atom stereocenters. The second kappa shape index (κ2) is 8.92. The van der Waals surface area contributed by atoms with Crippen molar-refractivity contribution in [1.82, 2.24) is 10.2 Å². The van der Waals surface area contributed by atoms with Crippen molar-refractivity contribution in [3.05, 3.63) is 81.5 Å². The second-order valence-corrected chi connectivity index (χ2v) is 6.13. The van der Waals surface area contributed by atoms with Crippen molar-refractivity contribution in [2.45, 2.75) is 0 Å². The van der Waals surface area contributed by atoms with Gasteiger partial charge in [-0.15, -0.1) is 0 Å². The minimum absolute atomic E-state index is 0.0521. The smallest absolute Gasteiger partial charge is 0.270 e. The highest BCUT2D eigenvalue weighted by molar-refractivity contribution is 6.05. The molecule has 0 unspecified atom stereocenters. The monoisotopic (exact) mass is 381 g/mol. The van der Waals surface area contributed by atoms with Gasteiger partial charge in [-0.3, -0.25) is 19.7 Å². The maximum absolute atomic E-state index is 12.9. The molecule has 0 saturated carbocycles. The fraction of sp³-hybridized carbons (Fsp3) is 0.200. The molecule has 3 rings (SSSR count). The highest BCUT2D eigenvalue weighted by Crippen LogP contribution is 2.16. The number of nitrogens with zero attached hydrogens (tertiary/aromatic N) is 2. The van der Waals surface area contributed by atoms with Gasteiger partial charge in [-0.25, -0.2) is 0 Å². The van der Waals surface area contributed by atoms with Crippen LogP contribution in [-0.2, 0) is 9.53 Å². The molecule has 0 spiro atoms. The summed E-state index contributed by atoms with van der Waals surface area (Å²) in [5.74, 6) is -0.794. The first kappa shape index (κ1) is 19.2. The van der Waals surface area contributed by atoms with E-state index in [1.165, 1.54) is 24.3 Å². The normalized spacial score (nSPS) is 14.4. The quantitative estimate of drug-likeness (QED) is 0.486. The summed E-state index contributed by atoms with van der Waals surface area (Å²) in [5.41, 5.74) is 0.805. The topological polar surface area (TPSA) is 102 Å². The fourth-order valence-corrected chi connectivity index (χ4v) is 2.77. The minimum Gasteiger partial charge on any atom is -0.378 e. The molecule has 2 aromatic rings. The average molecular weight is 381 g/mol. The van der Waals surface area contributed by atoms with Crippen LogP contribution >= 0.6 is 0 Å². The number of nitro groups is 1. The Balaban J connectivity index is 1.91. The van der Waals surface area contributed by atoms with Crippen molar-refractivity contribution in [2.75, 3.05) is 26.3 Å². The highest BCUT2D eigenvalue weighted by Gasteiger charge is 2.23. The molecule has 0 aliphatic carbocycles. The summed E-state index contributed by atoms with van der Waals surface area (Å²) in [5, 5.41) is 13.7. The van der Waals surface area contributed by atoms with Crippen molar-refractivity contribution < 1.29 is 19.2 Å². The lowest BCUT2D eigenvalue weighted by atomic mass is 10.1. The molecule has 0 bridgehead atoms. The van der Waals surface area contributed by atoms with Crippen molar-refractivity contribution >= 4 is 23.6 Å². The van der Waals surface area contributed by atoms with E-state index in [4.69, 9.17) is 4.74 Å². The third-order valence-corrected chi connectivity index (χ3v) is 4.20. The van der Waals surface area contributed by atoms with Crippen LogP contribution in [0.4, 0.5) is 5.69 Å². The zero-order chi connectivity index (χ0) is 19.9. The van der Waals surface area contributed by atoms with Crippen LogP contribution in [0.3, 0.4) is 0 Å². The lowest BCUT2D eigenvalue weighted by Gasteiger charge is -2.27. The minimum atomic E-state index is -0.511. The van der Waals surface area contributed by atoms with E-state index >= 15 is 0 Å². The van der Waals surface area contributed by atoms with Gasteiger partial charge in [-0.1, -0.05) is 30.3 Å². The fourth-order valence-electron chi connectivity index (χ4n) is 2.77. The summed E-state index contributed by atoms with van der Waals surface area (Å²) < 4.78 is 5.26. The van der Waals surface area contributed by atoms with Crippen LogP contribution in [0.15, 0.2) is 60.3 Å². The highest BCUT2D eigenvalue weighted by atomic mass is 16.6. The van der Waals surface area contributed by atoms with Gasteiger partial charge < -0.3 is 15.0 Å². The van der Waals surface area contributed by atoms with E-state index in [1.807, 2.05) is 0 Å². The van der Waals surface area contributed by atoms with Crippen molar-refractivity contribution in [1.29, 1.82) is 0 Å². The molecule has 2 amide bonds. The number of carbonyl (C=O) groups is 2. The van der Waals surface area contributed by atoms with Gasteiger partial charge in [0.1, 0.15) is 5.70 Å². The first-order valence-corrected chi connectivity index (χ1v) is 8.74. The average Bonchev–Trinajstić information content (AvgIpc) is 2.74. The summed E-state index contributed by atoms with van der Waals surface area (Å²) >= 11 is 0. The van der Waals surface area contributed by atoms with E-state index < -0.39 is 10.8 Å². The van der Waals surface area contributed by atoms with Gasteiger partial charge in [-0.05, 0) is 23.8 Å². The third-order valence-electron chi connectivity index (χ3n) is 4.20. The maximum Gasteiger partial charge on any atom is 0.270 e. The zero-order valence-corrected chi connectivity index (χ0v) is 15.0. The summed E-state index contributed by atoms with van der Waals surface area (Å²) in [6.45, 7) is 1.66. The van der Waals surface area contributed by atoms with Gasteiger partial charge in [-0.2, -0.15) is 0 Å². The standard InChI is InChI=1S/C20H19N3O5/c24-19(16-6-2-1-3-7-16)21-18(20(25)22-9-11-28-12-10-22)14-15-5-4-8-17(13-15)23(26)27/h1-8,13-14H,9-12H2,(H,21,24). The van der Waals surface area contributed by atoms with Crippen LogP contribution in [-0.4, -0.2) is 47.9 Å². The largest absolute Gasteiger partial charge is 0.378 e. The Morgan fingerprint density at radius 1 is 1.07 bits per heavy atom. The molecule has 1 aliphatic rings. The predicted octanol–water partition coefficient (Wildman–Crippen LogP) is 2.22. The van der Waals surface area contributed by atoms with Crippen LogP contribution < -0.4 is 5.32 Å². The van der Waals surface area contributed by atoms with Crippen LogP contribution in [0.25, 0.3) is 6.08 Å². The lowest BCUT2D eigenvalue weighted by Crippen LogP contribution is -2.44. The lowest BCUT2D eigenvalue weighted by molar-refractivity contribution is -0.384. The molecule has 1 fully saturated rings. The molecule has 8 heteroatoms.